The van der Waals surface area contributed by atoms with E-state index in [9.17, 15) is 17.6 Å². The van der Waals surface area contributed by atoms with Crippen molar-refractivity contribution in [1.82, 2.24) is 0 Å². The van der Waals surface area contributed by atoms with E-state index in [4.69, 9.17) is 9.94 Å². The quantitative estimate of drug-likeness (QED) is 0.296. The molecule has 0 aliphatic carbocycles. The van der Waals surface area contributed by atoms with Crippen molar-refractivity contribution < 1.29 is 27.5 Å². The molecule has 19 heavy (non-hydrogen) atoms. The second kappa shape index (κ2) is 6.65. The van der Waals surface area contributed by atoms with Crippen LogP contribution in [-0.2, 0) is 0 Å². The molecule has 0 saturated heterocycles. The lowest BCUT2D eigenvalue weighted by molar-refractivity contribution is -0.0329. The van der Waals surface area contributed by atoms with Crippen molar-refractivity contribution in [3.05, 3.63) is 29.6 Å². The van der Waals surface area contributed by atoms with Crippen LogP contribution in [0.4, 0.5) is 17.6 Å². The fraction of sp³-hybridized carbons (Fsp3) is 0.364. The first-order valence-corrected chi connectivity index (χ1v) is 6.14. The molecule has 1 aromatic carbocycles. The molecule has 1 N–H and O–H groups in total. The van der Waals surface area contributed by atoms with E-state index < -0.39 is 11.3 Å². The zero-order valence-electron chi connectivity index (χ0n) is 9.87. The number of oxime groups is 1. The molecule has 1 rings (SSSR count). The number of hydrogen-bond acceptors (Lipinski definition) is 4. The van der Waals surface area contributed by atoms with Gasteiger partial charge >= 0.3 is 5.51 Å². The Hall–Kier alpha value is -1.44. The molecule has 0 aliphatic rings. The van der Waals surface area contributed by atoms with Crippen LogP contribution in [0.25, 0.3) is 0 Å². The van der Waals surface area contributed by atoms with Crippen LogP contribution in [0.15, 0.2) is 23.4 Å². The van der Waals surface area contributed by atoms with Crippen molar-refractivity contribution in [2.24, 2.45) is 5.16 Å². The molecule has 0 saturated carbocycles. The van der Waals surface area contributed by atoms with Gasteiger partial charge in [0.05, 0.1) is 12.3 Å². The molecule has 0 unspecified atom stereocenters. The third-order valence-electron chi connectivity index (χ3n) is 2.09. The molecule has 8 heteroatoms. The Labute approximate surface area is 111 Å². The van der Waals surface area contributed by atoms with E-state index in [2.05, 4.69) is 5.16 Å². The van der Waals surface area contributed by atoms with Crippen molar-refractivity contribution >= 4 is 17.5 Å². The summed E-state index contributed by atoms with van der Waals surface area (Å²) >= 11 is -0.221. The highest BCUT2D eigenvalue weighted by Gasteiger charge is 2.27. The molecule has 0 aliphatic heterocycles. The smallest absolute Gasteiger partial charge is 0.441 e. The number of hydrogen-bond donors (Lipinski definition) is 1. The number of benzene rings is 1. The zero-order chi connectivity index (χ0) is 14.5. The maximum atomic E-state index is 13.0. The minimum absolute atomic E-state index is 0.0399. The Kier molecular flexibility index (Phi) is 5.46. The summed E-state index contributed by atoms with van der Waals surface area (Å²) in [6.07, 6.45) is 0. The lowest BCUT2D eigenvalue weighted by atomic mass is 10.1. The van der Waals surface area contributed by atoms with Crippen LogP contribution in [0.5, 0.6) is 5.75 Å². The summed E-state index contributed by atoms with van der Waals surface area (Å²) in [6.45, 7) is 1.23. The van der Waals surface area contributed by atoms with Crippen molar-refractivity contribution in [3.63, 3.8) is 0 Å². The number of rotatable bonds is 5. The van der Waals surface area contributed by atoms with E-state index in [0.29, 0.717) is 5.56 Å². The van der Waals surface area contributed by atoms with Gasteiger partial charge in [-0.1, -0.05) is 5.16 Å². The molecule has 0 spiro atoms. The van der Waals surface area contributed by atoms with Crippen LogP contribution in [0, 0.1) is 5.82 Å². The number of nitrogens with zero attached hydrogens (tertiary/aromatic N) is 1. The summed E-state index contributed by atoms with van der Waals surface area (Å²) in [5.74, 6) is -0.861. The highest BCUT2D eigenvalue weighted by molar-refractivity contribution is 8.00. The highest BCUT2D eigenvalue weighted by Crippen LogP contribution is 2.30. The molecule has 0 atom stereocenters. The van der Waals surface area contributed by atoms with Crippen LogP contribution in [0.1, 0.15) is 12.5 Å². The van der Waals surface area contributed by atoms with E-state index in [0.717, 1.165) is 12.1 Å². The van der Waals surface area contributed by atoms with Crippen LogP contribution >= 0.6 is 11.8 Å². The van der Waals surface area contributed by atoms with E-state index in [1.807, 2.05) is 0 Å². The van der Waals surface area contributed by atoms with Gasteiger partial charge in [-0.15, -0.1) is 0 Å². The maximum absolute atomic E-state index is 13.0. The van der Waals surface area contributed by atoms with Crippen molar-refractivity contribution in [2.75, 3.05) is 12.4 Å². The molecule has 0 heterocycles. The van der Waals surface area contributed by atoms with Crippen LogP contribution < -0.4 is 4.74 Å². The van der Waals surface area contributed by atoms with Gasteiger partial charge < -0.3 is 9.94 Å². The molecule has 0 radical (unpaired) electrons. The molecule has 0 amide bonds. The second-order valence-electron chi connectivity index (χ2n) is 3.47. The van der Waals surface area contributed by atoms with Crippen LogP contribution in [0.2, 0.25) is 0 Å². The monoisotopic (exact) mass is 297 g/mol. The van der Waals surface area contributed by atoms with Crippen molar-refractivity contribution in [3.8, 4) is 5.75 Å². The summed E-state index contributed by atoms with van der Waals surface area (Å²) in [5.41, 5.74) is -3.82. The van der Waals surface area contributed by atoms with Gasteiger partial charge in [-0.2, -0.15) is 13.2 Å². The van der Waals surface area contributed by atoms with Gasteiger partial charge in [0.15, 0.2) is 0 Å². The summed E-state index contributed by atoms with van der Waals surface area (Å²) in [5, 5.41) is 11.6. The molecular formula is C11H11F4NO2S. The third-order valence-corrected chi connectivity index (χ3v) is 2.79. The lowest BCUT2D eigenvalue weighted by Crippen LogP contribution is -2.09. The Balaban J connectivity index is 2.69. The first kappa shape index (κ1) is 15.6. The van der Waals surface area contributed by atoms with Gasteiger partial charge in [0.2, 0.25) is 0 Å². The molecule has 3 nitrogen and oxygen atoms in total. The SMILES string of the molecule is C/C(=N/O)c1ccc(F)cc1OCCSC(F)(F)F. The number of halogens is 4. The largest absolute Gasteiger partial charge is 0.492 e. The number of thioether (sulfide) groups is 1. The first-order chi connectivity index (χ1) is 8.83. The lowest BCUT2D eigenvalue weighted by Gasteiger charge is -2.11. The van der Waals surface area contributed by atoms with Crippen LogP contribution in [0.3, 0.4) is 0 Å². The first-order valence-electron chi connectivity index (χ1n) is 5.15. The van der Waals surface area contributed by atoms with Gasteiger partial charge in [-0.05, 0) is 30.8 Å². The Morgan fingerprint density at radius 2 is 2.11 bits per heavy atom. The normalized spacial score (nSPS) is 12.6. The molecular weight excluding hydrogens is 286 g/mol. The van der Waals surface area contributed by atoms with Crippen LogP contribution in [-0.4, -0.2) is 28.8 Å². The molecule has 1 aromatic rings. The highest BCUT2D eigenvalue weighted by atomic mass is 32.2. The minimum Gasteiger partial charge on any atom is -0.492 e. The zero-order valence-corrected chi connectivity index (χ0v) is 10.7. The number of alkyl halides is 3. The van der Waals surface area contributed by atoms with Gasteiger partial charge in [-0.3, -0.25) is 0 Å². The van der Waals surface area contributed by atoms with Gasteiger partial charge in [0.25, 0.3) is 0 Å². The standard InChI is InChI=1S/C11H11F4NO2S/c1-7(16-17)9-3-2-8(12)6-10(9)18-4-5-19-11(13,14)15/h2-3,6,17H,4-5H2,1H3/b16-7-. The van der Waals surface area contributed by atoms with E-state index in [1.54, 1.807) is 0 Å². The Bertz CT molecular complexity index is 462. The third kappa shape index (κ3) is 5.37. The maximum Gasteiger partial charge on any atom is 0.441 e. The van der Waals surface area contributed by atoms with E-state index in [-0.39, 0.29) is 35.6 Å². The summed E-state index contributed by atoms with van der Waals surface area (Å²) < 4.78 is 53.8. The second-order valence-corrected chi connectivity index (χ2v) is 4.63. The molecule has 106 valence electrons. The molecule has 0 bridgehead atoms. The topological polar surface area (TPSA) is 41.8 Å². The number of ether oxygens (including phenoxy) is 1. The van der Waals surface area contributed by atoms with Crippen molar-refractivity contribution in [1.29, 1.82) is 0 Å². The van der Waals surface area contributed by atoms with E-state index in [1.165, 1.54) is 13.0 Å². The Morgan fingerprint density at radius 3 is 2.68 bits per heavy atom. The minimum atomic E-state index is -4.32. The predicted molar refractivity (Wildman–Crippen MR) is 64.4 cm³/mol. The van der Waals surface area contributed by atoms with E-state index >= 15 is 0 Å². The van der Waals surface area contributed by atoms with Gasteiger partial charge in [-0.25, -0.2) is 4.39 Å². The van der Waals surface area contributed by atoms with Crippen molar-refractivity contribution in [2.45, 2.75) is 12.4 Å². The van der Waals surface area contributed by atoms with Gasteiger partial charge in [0, 0.05) is 17.4 Å². The summed E-state index contributed by atoms with van der Waals surface area (Å²) in [4.78, 5) is 0. The predicted octanol–water partition coefficient (Wildman–Crippen LogP) is 3.66. The average molecular weight is 297 g/mol. The average Bonchev–Trinajstić information content (AvgIpc) is 2.33. The Morgan fingerprint density at radius 1 is 1.42 bits per heavy atom. The summed E-state index contributed by atoms with van der Waals surface area (Å²) in [7, 11) is 0. The fourth-order valence-corrected chi connectivity index (χ4v) is 1.68. The van der Waals surface area contributed by atoms with Gasteiger partial charge in [0.1, 0.15) is 11.6 Å². The summed E-state index contributed by atoms with van der Waals surface area (Å²) in [6, 6.07) is 3.50. The molecule has 0 aromatic heterocycles. The fourth-order valence-electron chi connectivity index (χ4n) is 1.28. The molecule has 0 fully saturated rings.